The average molecular weight is 972 g/mol. The Kier molecular flexibility index (Phi) is 12.6. The molecule has 29 heteroatoms. The van der Waals surface area contributed by atoms with Crippen LogP contribution in [-0.2, 0) is 24.0 Å². The number of amides is 5. The number of ether oxygens (including phenoxy) is 1. The van der Waals surface area contributed by atoms with Gasteiger partial charge in [-0.3, -0.25) is 44.9 Å². The van der Waals surface area contributed by atoms with E-state index in [-0.39, 0.29) is 49.9 Å². The molecule has 10 N–H and O–H groups in total. The fraction of sp³-hybridized carbons (Fsp3) is 0.258. The van der Waals surface area contributed by atoms with Gasteiger partial charge in [0.25, 0.3) is 29.4 Å². The van der Waals surface area contributed by atoms with Crippen LogP contribution >= 0.6 is 62.4 Å². The standard InChI is InChI=1S/C31H28BrClN12O12S3/c1-9-4-14(45-29(35-9)38-20(41-45)23(50)42-55)58-6-10-7-59-26-17(24(51)44(26)25(10)56-30(53)54)37-22(49)16(13-8-60-28(34)36-13)43-57-31(2,3)27(52)40-39-21(48)11-5-12(32)18(46)19(47)15(11)33/h4-5,8,17,26,46-47,55H,6-7H2,1-3H3,(H2,34,36)(H,37,49)(H,39,48)(H,40,52)(H,42,50)(H,53,54)/b43-16-/t17-,26-/m1/s1. The highest BCUT2D eigenvalue weighted by atomic mass is 79.9. The number of anilines is 1. The first-order valence-corrected chi connectivity index (χ1v) is 20.6. The zero-order chi connectivity index (χ0) is 43.8. The average Bonchev–Trinajstić information content (AvgIpc) is 3.84. The van der Waals surface area contributed by atoms with Crippen LogP contribution in [0.25, 0.3) is 5.78 Å². The molecule has 60 heavy (non-hydrogen) atoms. The summed E-state index contributed by atoms with van der Waals surface area (Å²) in [6, 6.07) is 1.51. The highest BCUT2D eigenvalue weighted by molar-refractivity contribution is 9.10. The Morgan fingerprint density at radius 2 is 1.87 bits per heavy atom. The zero-order valence-corrected chi connectivity index (χ0v) is 35.3. The van der Waals surface area contributed by atoms with Gasteiger partial charge in [-0.05, 0) is 48.8 Å². The monoisotopic (exact) mass is 970 g/mol. The molecule has 2 atom stereocenters. The number of thiazole rings is 1. The zero-order valence-electron chi connectivity index (χ0n) is 30.5. The van der Waals surface area contributed by atoms with Gasteiger partial charge < -0.3 is 35.9 Å². The maximum Gasteiger partial charge on any atom is 0.512 e. The summed E-state index contributed by atoms with van der Waals surface area (Å²) in [6.07, 6.45) is -1.70. The number of nitrogen functional groups attached to an aromatic ring is 1. The van der Waals surface area contributed by atoms with Gasteiger partial charge in [0.2, 0.25) is 17.3 Å². The number of phenols is 2. The molecular weight excluding hydrogens is 944 g/mol. The number of carbonyl (C=O) groups is 6. The molecule has 0 aliphatic carbocycles. The molecule has 0 bridgehead atoms. The molecule has 0 spiro atoms. The number of hydrazine groups is 1. The number of fused-ring (bicyclic) bond motifs is 2. The number of aromatic nitrogens is 5. The van der Waals surface area contributed by atoms with Crippen molar-refractivity contribution in [1.82, 2.24) is 51.1 Å². The number of benzene rings is 1. The van der Waals surface area contributed by atoms with Gasteiger partial charge in [-0.25, -0.2) is 20.2 Å². The van der Waals surface area contributed by atoms with Crippen molar-refractivity contribution in [3.05, 3.63) is 61.2 Å². The van der Waals surface area contributed by atoms with E-state index in [1.807, 2.05) is 0 Å². The Hall–Kier alpha value is -5.94. The van der Waals surface area contributed by atoms with Gasteiger partial charge in [0, 0.05) is 28.2 Å². The fourth-order valence-electron chi connectivity index (χ4n) is 5.18. The van der Waals surface area contributed by atoms with Crippen LogP contribution in [-0.4, -0.2) is 120 Å². The van der Waals surface area contributed by atoms with E-state index < -0.39 is 74.9 Å². The normalized spacial score (nSPS) is 16.5. The van der Waals surface area contributed by atoms with E-state index in [0.29, 0.717) is 16.3 Å². The van der Waals surface area contributed by atoms with Gasteiger partial charge in [0.1, 0.15) is 22.1 Å². The number of β-lactam (4-membered cyclic amide) rings is 1. The lowest BCUT2D eigenvalue weighted by Gasteiger charge is -2.49. The number of hydrogen-bond donors (Lipinski definition) is 9. The lowest BCUT2D eigenvalue weighted by Crippen LogP contribution is -2.70. The van der Waals surface area contributed by atoms with Crippen LogP contribution in [0, 0.1) is 6.92 Å². The van der Waals surface area contributed by atoms with Crippen LogP contribution in [0.5, 0.6) is 11.5 Å². The van der Waals surface area contributed by atoms with Gasteiger partial charge >= 0.3 is 12.1 Å². The number of nitrogens with two attached hydrogens (primary N) is 1. The number of oxime groups is 1. The first-order chi connectivity index (χ1) is 28.3. The molecule has 1 saturated heterocycles. The Labute approximate surface area is 361 Å². The number of halogens is 2. The number of carboxylic acid groups (broad SMARTS) is 1. The van der Waals surface area contributed by atoms with E-state index >= 15 is 0 Å². The summed E-state index contributed by atoms with van der Waals surface area (Å²) in [5.74, 6) is -6.39. The minimum absolute atomic E-state index is 0.0399. The molecule has 0 radical (unpaired) electrons. The number of nitrogens with zero attached hydrogens (tertiary/aromatic N) is 7. The second-order valence-corrected chi connectivity index (χ2v) is 16.9. The first-order valence-electron chi connectivity index (χ1n) is 16.5. The number of rotatable bonds is 12. The lowest BCUT2D eigenvalue weighted by atomic mass is 10.1. The van der Waals surface area contributed by atoms with E-state index in [4.69, 9.17) is 32.1 Å². The minimum atomic E-state index is -1.89. The number of phenolic OH excluding ortho intramolecular Hbond substituents is 2. The van der Waals surface area contributed by atoms with Crippen molar-refractivity contribution >= 4 is 115 Å². The first kappa shape index (κ1) is 43.6. The predicted octanol–water partition coefficient (Wildman–Crippen LogP) is 1.48. The third-order valence-corrected chi connectivity index (χ3v) is 12.2. The minimum Gasteiger partial charge on any atom is -0.503 e. The Morgan fingerprint density at radius 1 is 1.13 bits per heavy atom. The molecule has 0 unspecified atom stereocenters. The SMILES string of the molecule is Cc1cc(SCC2=C(OC(=O)O)N3C(=O)[C@@H](NC(=O)/C(=N\OC(C)(C)C(=O)NNC(=O)c4cc(Br)c(O)c(O)c4Cl)c4csc(N)n4)[C@H]3SC2)n2nc(C(=O)NO)nc2n1. The maximum absolute atomic E-state index is 13.7. The molecule has 5 heterocycles. The number of nitrogens with one attached hydrogen (secondary N) is 4. The molecule has 4 aromatic rings. The quantitative estimate of drug-likeness (QED) is 0.0142. The van der Waals surface area contributed by atoms with E-state index in [0.717, 1.165) is 34.1 Å². The van der Waals surface area contributed by atoms with Crippen LogP contribution in [0.2, 0.25) is 5.02 Å². The van der Waals surface area contributed by atoms with E-state index in [1.54, 1.807) is 13.0 Å². The van der Waals surface area contributed by atoms with Crippen molar-refractivity contribution in [2.75, 3.05) is 17.2 Å². The van der Waals surface area contributed by atoms with Crippen molar-refractivity contribution in [2.24, 2.45) is 5.16 Å². The summed E-state index contributed by atoms with van der Waals surface area (Å²) in [6.45, 7) is 4.16. The van der Waals surface area contributed by atoms with Crippen molar-refractivity contribution in [3.8, 4) is 11.5 Å². The van der Waals surface area contributed by atoms with Crippen molar-refractivity contribution in [2.45, 2.75) is 42.8 Å². The second-order valence-electron chi connectivity index (χ2n) is 12.7. The number of aromatic hydroxyl groups is 2. The fourth-order valence-corrected chi connectivity index (χ4v) is 8.88. The summed E-state index contributed by atoms with van der Waals surface area (Å²) in [5.41, 5.74) is 9.55. The van der Waals surface area contributed by atoms with Gasteiger partial charge in [-0.15, -0.1) is 40.0 Å². The highest BCUT2D eigenvalue weighted by Crippen LogP contribution is 2.43. The van der Waals surface area contributed by atoms with Crippen LogP contribution in [0.4, 0.5) is 9.93 Å². The van der Waals surface area contributed by atoms with Gasteiger partial charge in [0.05, 0.1) is 15.1 Å². The smallest absolute Gasteiger partial charge is 0.503 e. The largest absolute Gasteiger partial charge is 0.512 e. The number of hydroxylamine groups is 1. The number of aryl methyl sites for hydroxylation is 1. The number of carbonyl (C=O) groups excluding carboxylic acids is 5. The summed E-state index contributed by atoms with van der Waals surface area (Å²) < 4.78 is 6.28. The molecule has 3 aromatic heterocycles. The number of thioether (sulfide) groups is 2. The van der Waals surface area contributed by atoms with E-state index in [1.165, 1.54) is 41.0 Å². The molecule has 1 fully saturated rings. The molecule has 6 rings (SSSR count). The lowest BCUT2D eigenvalue weighted by molar-refractivity contribution is -0.148. The molecule has 316 valence electrons. The second kappa shape index (κ2) is 17.3. The maximum atomic E-state index is 13.7. The van der Waals surface area contributed by atoms with Crippen LogP contribution in [0.3, 0.4) is 0 Å². The molecule has 5 amide bonds. The Balaban J connectivity index is 1.16. The molecule has 0 saturated carbocycles. The predicted molar refractivity (Wildman–Crippen MR) is 213 cm³/mol. The summed E-state index contributed by atoms with van der Waals surface area (Å²) in [7, 11) is 0. The van der Waals surface area contributed by atoms with Crippen LogP contribution in [0.1, 0.15) is 46.2 Å². The molecule has 24 nitrogen and oxygen atoms in total. The molecule has 2 aliphatic rings. The summed E-state index contributed by atoms with van der Waals surface area (Å²) in [4.78, 5) is 95.6. The molecular formula is C31H28BrClN12O12S3. The van der Waals surface area contributed by atoms with Crippen molar-refractivity contribution in [3.63, 3.8) is 0 Å². The summed E-state index contributed by atoms with van der Waals surface area (Å²) in [5, 5.41) is 49.3. The van der Waals surface area contributed by atoms with Gasteiger partial charge in [-0.2, -0.15) is 9.50 Å². The van der Waals surface area contributed by atoms with E-state index in [9.17, 15) is 44.1 Å². The number of hydrogen-bond acceptors (Lipinski definition) is 20. The van der Waals surface area contributed by atoms with Gasteiger partial charge in [0.15, 0.2) is 22.3 Å². The molecule has 1 aromatic carbocycles. The van der Waals surface area contributed by atoms with E-state index in [2.05, 4.69) is 57.3 Å². The van der Waals surface area contributed by atoms with Crippen molar-refractivity contribution < 1.29 is 58.9 Å². The van der Waals surface area contributed by atoms with Crippen molar-refractivity contribution in [1.29, 1.82) is 0 Å². The topological polar surface area (TPSA) is 348 Å². The Bertz CT molecular complexity index is 2550. The van der Waals surface area contributed by atoms with Crippen LogP contribution in [0.15, 0.2) is 43.6 Å². The van der Waals surface area contributed by atoms with Gasteiger partial charge in [-0.1, -0.05) is 16.8 Å². The van der Waals surface area contributed by atoms with Crippen LogP contribution < -0.4 is 27.4 Å². The summed E-state index contributed by atoms with van der Waals surface area (Å²) >= 11 is 12.2. The Morgan fingerprint density at radius 3 is 2.53 bits per heavy atom. The molecule has 2 aliphatic heterocycles. The third kappa shape index (κ3) is 8.82. The highest BCUT2D eigenvalue weighted by Gasteiger charge is 2.54. The third-order valence-electron chi connectivity index (χ3n) is 8.16.